The van der Waals surface area contributed by atoms with Crippen molar-refractivity contribution in [2.45, 2.75) is 60.0 Å². The quantitative estimate of drug-likeness (QED) is 0.262. The van der Waals surface area contributed by atoms with Crippen LogP contribution in [0.25, 0.3) is 0 Å². The van der Waals surface area contributed by atoms with Crippen LogP contribution < -0.4 is 10.1 Å². The fraction of sp³-hybridized carbons (Fsp3) is 0.524. The largest absolute Gasteiger partial charge is 0.512 e. The first-order chi connectivity index (χ1) is 13.2. The zero-order valence-corrected chi connectivity index (χ0v) is 19.3. The molecular formula is C21H30INO5. The van der Waals surface area contributed by atoms with Crippen molar-refractivity contribution in [2.24, 2.45) is 5.92 Å². The van der Waals surface area contributed by atoms with E-state index in [1.165, 1.54) is 6.92 Å². The van der Waals surface area contributed by atoms with Gasteiger partial charge in [-0.25, -0.2) is 0 Å². The monoisotopic (exact) mass is 503 g/mol. The second kappa shape index (κ2) is 11.9. The SMILES string of the molecule is CCOC(=O)Cc1ccc(NC(C)=O)cc1O[C@H](C)C(C)C/C(I)=C(/O)CC. The zero-order valence-electron chi connectivity index (χ0n) is 17.2. The lowest BCUT2D eigenvalue weighted by Gasteiger charge is -2.24. The molecule has 0 aliphatic rings. The van der Waals surface area contributed by atoms with Crippen molar-refractivity contribution in [2.75, 3.05) is 11.9 Å². The molecule has 0 aromatic heterocycles. The molecule has 0 heterocycles. The number of ether oxygens (including phenoxy) is 2. The number of hydrogen-bond donors (Lipinski definition) is 2. The molecule has 1 rings (SSSR count). The minimum Gasteiger partial charge on any atom is -0.512 e. The maximum Gasteiger partial charge on any atom is 0.310 e. The van der Waals surface area contributed by atoms with Crippen LogP contribution in [-0.4, -0.2) is 29.7 Å². The van der Waals surface area contributed by atoms with E-state index >= 15 is 0 Å². The van der Waals surface area contributed by atoms with Crippen molar-refractivity contribution < 1.29 is 24.2 Å². The van der Waals surface area contributed by atoms with Gasteiger partial charge in [-0.3, -0.25) is 9.59 Å². The Bertz CT molecular complexity index is 717. The first-order valence-electron chi connectivity index (χ1n) is 9.47. The van der Waals surface area contributed by atoms with Crippen LogP contribution in [0.2, 0.25) is 0 Å². The van der Waals surface area contributed by atoms with Gasteiger partial charge in [-0.1, -0.05) is 19.9 Å². The van der Waals surface area contributed by atoms with E-state index in [4.69, 9.17) is 9.47 Å². The van der Waals surface area contributed by atoms with E-state index in [1.54, 1.807) is 25.1 Å². The summed E-state index contributed by atoms with van der Waals surface area (Å²) in [6.45, 7) is 9.43. The molecule has 0 aliphatic heterocycles. The van der Waals surface area contributed by atoms with Gasteiger partial charge in [0.25, 0.3) is 0 Å². The number of halogens is 1. The fourth-order valence-corrected chi connectivity index (χ4v) is 3.61. The van der Waals surface area contributed by atoms with Crippen molar-refractivity contribution in [1.82, 2.24) is 0 Å². The average molecular weight is 503 g/mol. The standard InChI is InChI=1S/C21H30INO5/c1-6-19(25)18(22)10-13(3)14(4)28-20-12-17(23-15(5)24)9-8-16(20)11-21(26)27-7-2/h8-9,12-14,25H,6-7,10-11H2,1-5H3,(H,23,24)/b19-18-/t13?,14-/m1/s1. The second-order valence-electron chi connectivity index (χ2n) is 6.70. The van der Waals surface area contributed by atoms with Crippen LogP contribution in [-0.2, 0) is 20.7 Å². The van der Waals surface area contributed by atoms with Crippen LogP contribution in [0.4, 0.5) is 5.69 Å². The molecule has 0 spiro atoms. The average Bonchev–Trinajstić information content (AvgIpc) is 2.62. The summed E-state index contributed by atoms with van der Waals surface area (Å²) in [6.07, 6.45) is 1.23. The molecule has 156 valence electrons. The molecule has 1 aromatic carbocycles. The maximum absolute atomic E-state index is 11.9. The molecule has 2 atom stereocenters. The molecule has 1 aromatic rings. The Balaban J connectivity index is 3.02. The number of hydrogen-bond acceptors (Lipinski definition) is 5. The summed E-state index contributed by atoms with van der Waals surface area (Å²) in [5, 5.41) is 12.6. The van der Waals surface area contributed by atoms with Crippen LogP contribution in [0.1, 0.15) is 53.0 Å². The van der Waals surface area contributed by atoms with Gasteiger partial charge in [-0.15, -0.1) is 0 Å². The number of aliphatic hydroxyl groups excluding tert-OH is 1. The summed E-state index contributed by atoms with van der Waals surface area (Å²) in [6, 6.07) is 5.23. The number of nitrogens with one attached hydrogen (secondary N) is 1. The Morgan fingerprint density at radius 1 is 1.25 bits per heavy atom. The van der Waals surface area contributed by atoms with E-state index in [-0.39, 0.29) is 30.3 Å². The molecule has 7 heteroatoms. The summed E-state index contributed by atoms with van der Waals surface area (Å²) in [4.78, 5) is 23.3. The molecule has 1 unspecified atom stereocenters. The summed E-state index contributed by atoms with van der Waals surface area (Å²) >= 11 is 2.16. The first-order valence-corrected chi connectivity index (χ1v) is 10.5. The topological polar surface area (TPSA) is 84.9 Å². The highest BCUT2D eigenvalue weighted by Crippen LogP contribution is 2.30. The number of esters is 1. The zero-order chi connectivity index (χ0) is 21.3. The third-order valence-electron chi connectivity index (χ3n) is 4.29. The Morgan fingerprint density at radius 3 is 2.50 bits per heavy atom. The van der Waals surface area contributed by atoms with E-state index in [0.29, 0.717) is 42.2 Å². The summed E-state index contributed by atoms with van der Waals surface area (Å²) in [7, 11) is 0. The predicted octanol–water partition coefficient (Wildman–Crippen LogP) is 5.16. The minimum absolute atomic E-state index is 0.0959. The number of carbonyl (C=O) groups excluding carboxylic acids is 2. The lowest BCUT2D eigenvalue weighted by molar-refractivity contribution is -0.142. The third kappa shape index (κ3) is 8.08. The highest BCUT2D eigenvalue weighted by atomic mass is 127. The summed E-state index contributed by atoms with van der Waals surface area (Å²) < 4.78 is 12.1. The van der Waals surface area contributed by atoms with Gasteiger partial charge >= 0.3 is 5.97 Å². The molecular weight excluding hydrogens is 473 g/mol. The molecule has 0 bridgehead atoms. The van der Waals surface area contributed by atoms with Crippen LogP contribution in [0, 0.1) is 5.92 Å². The van der Waals surface area contributed by atoms with E-state index < -0.39 is 0 Å². The summed E-state index contributed by atoms with van der Waals surface area (Å²) in [5.74, 6) is 0.569. The molecule has 28 heavy (non-hydrogen) atoms. The number of anilines is 1. The van der Waals surface area contributed by atoms with Crippen LogP contribution in [0.3, 0.4) is 0 Å². The second-order valence-corrected chi connectivity index (χ2v) is 8.00. The molecule has 0 saturated carbocycles. The van der Waals surface area contributed by atoms with E-state index in [1.807, 2.05) is 13.8 Å². The van der Waals surface area contributed by atoms with Crippen molar-refractivity contribution >= 4 is 40.2 Å². The smallest absolute Gasteiger partial charge is 0.310 e. The first kappa shape index (κ1) is 24.3. The number of carbonyl (C=O) groups is 2. The highest BCUT2D eigenvalue weighted by Gasteiger charge is 2.19. The molecule has 0 radical (unpaired) electrons. The minimum atomic E-state index is -0.328. The molecule has 1 amide bonds. The van der Waals surface area contributed by atoms with Gasteiger partial charge in [0, 0.05) is 34.2 Å². The van der Waals surface area contributed by atoms with Crippen molar-refractivity contribution in [1.29, 1.82) is 0 Å². The van der Waals surface area contributed by atoms with Crippen molar-refractivity contribution in [3.05, 3.63) is 33.1 Å². The van der Waals surface area contributed by atoms with E-state index in [2.05, 4.69) is 34.8 Å². The molecule has 0 fully saturated rings. The Labute approximate surface area is 180 Å². The van der Waals surface area contributed by atoms with Crippen LogP contribution in [0.5, 0.6) is 5.75 Å². The molecule has 6 nitrogen and oxygen atoms in total. The van der Waals surface area contributed by atoms with Gasteiger partial charge < -0.3 is 19.9 Å². The third-order valence-corrected chi connectivity index (χ3v) is 5.35. The number of allylic oxidation sites excluding steroid dienone is 2. The fourth-order valence-electron chi connectivity index (χ4n) is 2.53. The van der Waals surface area contributed by atoms with Crippen LogP contribution in [0.15, 0.2) is 27.5 Å². The Kier molecular flexibility index (Phi) is 10.3. The van der Waals surface area contributed by atoms with Gasteiger partial charge in [0.2, 0.25) is 5.91 Å². The molecule has 2 N–H and O–H groups in total. The lowest BCUT2D eigenvalue weighted by Crippen LogP contribution is -2.23. The van der Waals surface area contributed by atoms with Crippen molar-refractivity contribution in [3.63, 3.8) is 0 Å². The molecule has 0 saturated heterocycles. The number of rotatable bonds is 10. The van der Waals surface area contributed by atoms with E-state index in [0.717, 1.165) is 3.58 Å². The van der Waals surface area contributed by atoms with Gasteiger partial charge in [-0.2, -0.15) is 0 Å². The number of amides is 1. The van der Waals surface area contributed by atoms with Crippen molar-refractivity contribution in [3.8, 4) is 5.75 Å². The molecule has 0 aliphatic carbocycles. The van der Waals surface area contributed by atoms with E-state index in [9.17, 15) is 14.7 Å². The lowest BCUT2D eigenvalue weighted by atomic mass is 10.0. The number of benzene rings is 1. The normalized spacial score (nSPS) is 13.9. The Morgan fingerprint density at radius 2 is 1.93 bits per heavy atom. The van der Waals surface area contributed by atoms with Gasteiger partial charge in [0.05, 0.1) is 19.1 Å². The number of aliphatic hydroxyl groups is 1. The van der Waals surface area contributed by atoms with Gasteiger partial charge in [0.1, 0.15) is 11.5 Å². The Hall–Kier alpha value is -1.77. The highest BCUT2D eigenvalue weighted by molar-refractivity contribution is 14.1. The van der Waals surface area contributed by atoms with Crippen LogP contribution >= 0.6 is 22.6 Å². The predicted molar refractivity (Wildman–Crippen MR) is 119 cm³/mol. The maximum atomic E-state index is 11.9. The summed E-state index contributed by atoms with van der Waals surface area (Å²) in [5.41, 5.74) is 1.31. The van der Waals surface area contributed by atoms with Gasteiger partial charge in [0.15, 0.2) is 0 Å². The van der Waals surface area contributed by atoms with Gasteiger partial charge in [-0.05, 0) is 54.8 Å².